The third-order valence-corrected chi connectivity index (χ3v) is 5.94. The van der Waals surface area contributed by atoms with E-state index >= 15 is 0 Å². The largest absolute Gasteiger partial charge is 0.303 e. The van der Waals surface area contributed by atoms with Crippen LogP contribution in [0.1, 0.15) is 30.9 Å². The summed E-state index contributed by atoms with van der Waals surface area (Å²) in [5, 5.41) is 8.03. The standard InChI is InChI=1S/C23H29FN4O/c1-2-27(17-20-8-4-10-22-23(20)26-29-25-22)15-19-7-5-12-28(16-19)13-11-18-6-3-9-21(24)14-18/h3-4,6,8-10,14,19H,2,5,7,11-13,15-17H2,1H3. The minimum Gasteiger partial charge on any atom is -0.303 e. The van der Waals surface area contributed by atoms with Crippen molar-refractivity contribution in [3.63, 3.8) is 0 Å². The maximum absolute atomic E-state index is 13.4. The molecule has 2 aromatic carbocycles. The smallest absolute Gasteiger partial charge is 0.139 e. The summed E-state index contributed by atoms with van der Waals surface area (Å²) in [6.45, 7) is 8.41. The van der Waals surface area contributed by atoms with Crippen LogP contribution in [0.3, 0.4) is 0 Å². The van der Waals surface area contributed by atoms with Crippen LogP contribution in [0.15, 0.2) is 47.1 Å². The fourth-order valence-corrected chi connectivity index (χ4v) is 4.38. The van der Waals surface area contributed by atoms with Crippen LogP contribution in [-0.4, -0.2) is 52.8 Å². The molecule has 5 nitrogen and oxygen atoms in total. The number of nitrogens with zero attached hydrogens (tertiary/aromatic N) is 4. The molecule has 1 fully saturated rings. The van der Waals surface area contributed by atoms with Gasteiger partial charge in [-0.2, -0.15) is 0 Å². The topological polar surface area (TPSA) is 45.4 Å². The number of piperidine rings is 1. The van der Waals surface area contributed by atoms with Gasteiger partial charge < -0.3 is 4.90 Å². The molecule has 0 saturated carbocycles. The summed E-state index contributed by atoms with van der Waals surface area (Å²) in [6, 6.07) is 13.0. The van der Waals surface area contributed by atoms with Gasteiger partial charge in [0, 0.05) is 26.2 Å². The zero-order valence-corrected chi connectivity index (χ0v) is 17.1. The van der Waals surface area contributed by atoms with E-state index in [4.69, 9.17) is 4.63 Å². The first-order chi connectivity index (χ1) is 14.2. The van der Waals surface area contributed by atoms with Gasteiger partial charge in [-0.25, -0.2) is 9.02 Å². The molecule has 2 heterocycles. The lowest BCUT2D eigenvalue weighted by molar-refractivity contribution is 0.133. The van der Waals surface area contributed by atoms with Crippen LogP contribution in [0, 0.1) is 11.7 Å². The van der Waals surface area contributed by atoms with Gasteiger partial charge >= 0.3 is 0 Å². The predicted molar refractivity (Wildman–Crippen MR) is 112 cm³/mol. The van der Waals surface area contributed by atoms with Crippen molar-refractivity contribution >= 4 is 11.0 Å². The van der Waals surface area contributed by atoms with E-state index in [1.165, 1.54) is 24.5 Å². The molecule has 0 radical (unpaired) electrons. The summed E-state index contributed by atoms with van der Waals surface area (Å²) in [6.07, 6.45) is 3.40. The van der Waals surface area contributed by atoms with Gasteiger partial charge in [0.15, 0.2) is 0 Å². The third kappa shape index (κ3) is 5.19. The molecule has 3 aromatic rings. The van der Waals surface area contributed by atoms with Crippen LogP contribution >= 0.6 is 0 Å². The van der Waals surface area contributed by atoms with Gasteiger partial charge in [0.2, 0.25) is 0 Å². The molecule has 1 aliphatic rings. The van der Waals surface area contributed by atoms with Crippen LogP contribution in [0.25, 0.3) is 11.0 Å². The Bertz CT molecular complexity index is 928. The molecule has 1 atom stereocenters. The van der Waals surface area contributed by atoms with Crippen LogP contribution in [0.5, 0.6) is 0 Å². The van der Waals surface area contributed by atoms with Crippen LogP contribution in [0.2, 0.25) is 0 Å². The highest BCUT2D eigenvalue weighted by Gasteiger charge is 2.22. The first-order valence-corrected chi connectivity index (χ1v) is 10.6. The van der Waals surface area contributed by atoms with Crippen molar-refractivity contribution in [3.8, 4) is 0 Å². The van der Waals surface area contributed by atoms with E-state index in [1.54, 1.807) is 12.1 Å². The molecule has 29 heavy (non-hydrogen) atoms. The third-order valence-electron chi connectivity index (χ3n) is 5.94. The molecule has 0 amide bonds. The fraction of sp³-hybridized carbons (Fsp3) is 0.478. The minimum absolute atomic E-state index is 0.144. The van der Waals surface area contributed by atoms with Gasteiger partial charge in [-0.3, -0.25) is 4.90 Å². The Balaban J connectivity index is 1.32. The van der Waals surface area contributed by atoms with Crippen molar-refractivity contribution in [2.24, 2.45) is 5.92 Å². The van der Waals surface area contributed by atoms with E-state index in [2.05, 4.69) is 33.1 Å². The molecule has 1 saturated heterocycles. The lowest BCUT2D eigenvalue weighted by Crippen LogP contribution is -2.41. The van der Waals surface area contributed by atoms with Crippen molar-refractivity contribution in [2.45, 2.75) is 32.7 Å². The molecule has 0 spiro atoms. The monoisotopic (exact) mass is 396 g/mol. The second-order valence-electron chi connectivity index (χ2n) is 8.07. The molecular weight excluding hydrogens is 367 g/mol. The van der Waals surface area contributed by atoms with E-state index in [0.29, 0.717) is 5.92 Å². The van der Waals surface area contributed by atoms with Gasteiger partial charge in [-0.15, -0.1) is 0 Å². The van der Waals surface area contributed by atoms with Crippen LogP contribution in [0.4, 0.5) is 4.39 Å². The Morgan fingerprint density at radius 2 is 2.10 bits per heavy atom. The molecule has 0 aliphatic carbocycles. The molecule has 1 unspecified atom stereocenters. The Kier molecular flexibility index (Phi) is 6.52. The molecule has 0 bridgehead atoms. The Labute approximate surface area is 171 Å². The number of likely N-dealkylation sites (tertiary alicyclic amines) is 1. The fourth-order valence-electron chi connectivity index (χ4n) is 4.38. The average molecular weight is 397 g/mol. The first kappa shape index (κ1) is 20.0. The van der Waals surface area contributed by atoms with Crippen molar-refractivity contribution in [1.29, 1.82) is 0 Å². The summed E-state index contributed by atoms with van der Waals surface area (Å²) in [5.41, 5.74) is 3.94. The van der Waals surface area contributed by atoms with E-state index < -0.39 is 0 Å². The van der Waals surface area contributed by atoms with E-state index in [9.17, 15) is 4.39 Å². The lowest BCUT2D eigenvalue weighted by atomic mass is 9.96. The number of hydrogen-bond donors (Lipinski definition) is 0. The number of fused-ring (bicyclic) bond motifs is 1. The van der Waals surface area contributed by atoms with Crippen molar-refractivity contribution in [2.75, 3.05) is 32.7 Å². The summed E-state index contributed by atoms with van der Waals surface area (Å²) in [5.74, 6) is 0.515. The van der Waals surface area contributed by atoms with Gasteiger partial charge in [-0.05, 0) is 77.9 Å². The molecule has 1 aliphatic heterocycles. The van der Waals surface area contributed by atoms with Gasteiger partial charge in [0.25, 0.3) is 0 Å². The Hall–Kier alpha value is -2.31. The zero-order chi connectivity index (χ0) is 20.1. The number of rotatable bonds is 8. The molecule has 1 aromatic heterocycles. The number of aromatic nitrogens is 2. The molecule has 4 rings (SSSR count). The van der Waals surface area contributed by atoms with Crippen LogP contribution in [-0.2, 0) is 13.0 Å². The maximum Gasteiger partial charge on any atom is 0.139 e. The number of benzene rings is 2. The van der Waals surface area contributed by atoms with Crippen molar-refractivity contribution < 1.29 is 9.02 Å². The summed E-state index contributed by atoms with van der Waals surface area (Å²) >= 11 is 0. The first-order valence-electron chi connectivity index (χ1n) is 10.6. The highest BCUT2D eigenvalue weighted by Crippen LogP contribution is 2.21. The predicted octanol–water partition coefficient (Wildman–Crippen LogP) is 4.14. The molecular formula is C23H29FN4O. The molecule has 6 heteroatoms. The quantitative estimate of drug-likeness (QED) is 0.573. The average Bonchev–Trinajstić information content (AvgIpc) is 3.22. The van der Waals surface area contributed by atoms with E-state index in [1.807, 2.05) is 18.2 Å². The Morgan fingerprint density at radius 3 is 2.97 bits per heavy atom. The maximum atomic E-state index is 13.4. The zero-order valence-electron chi connectivity index (χ0n) is 17.1. The van der Waals surface area contributed by atoms with Crippen molar-refractivity contribution in [1.82, 2.24) is 20.1 Å². The van der Waals surface area contributed by atoms with Crippen molar-refractivity contribution in [3.05, 3.63) is 59.4 Å². The van der Waals surface area contributed by atoms with Gasteiger partial charge in [0.1, 0.15) is 16.9 Å². The van der Waals surface area contributed by atoms with E-state index in [-0.39, 0.29) is 5.82 Å². The summed E-state index contributed by atoms with van der Waals surface area (Å²) in [7, 11) is 0. The highest BCUT2D eigenvalue weighted by atomic mass is 19.1. The Morgan fingerprint density at radius 1 is 1.21 bits per heavy atom. The highest BCUT2D eigenvalue weighted by molar-refractivity contribution is 5.76. The second-order valence-corrected chi connectivity index (χ2v) is 8.07. The lowest BCUT2D eigenvalue weighted by Gasteiger charge is -2.35. The van der Waals surface area contributed by atoms with Crippen LogP contribution < -0.4 is 0 Å². The molecule has 0 N–H and O–H groups in total. The second kappa shape index (κ2) is 9.46. The molecule has 154 valence electrons. The normalized spacial score (nSPS) is 18.0. The van der Waals surface area contributed by atoms with E-state index in [0.717, 1.165) is 62.3 Å². The minimum atomic E-state index is -0.144. The number of halogens is 1. The summed E-state index contributed by atoms with van der Waals surface area (Å²) in [4.78, 5) is 5.03. The van der Waals surface area contributed by atoms with Gasteiger partial charge in [-0.1, -0.05) is 31.2 Å². The summed E-state index contributed by atoms with van der Waals surface area (Å²) < 4.78 is 18.3. The van der Waals surface area contributed by atoms with Gasteiger partial charge in [0.05, 0.1) is 0 Å². The SMILES string of the molecule is CCN(Cc1cccc2nonc12)CC1CCCN(CCc2cccc(F)c2)C1. The number of hydrogen-bond acceptors (Lipinski definition) is 5.